The summed E-state index contributed by atoms with van der Waals surface area (Å²) >= 11 is 0. The lowest BCUT2D eigenvalue weighted by molar-refractivity contribution is 0.178. The molecular formula is C13H13NO. The zero-order chi connectivity index (χ0) is 10.5. The van der Waals surface area contributed by atoms with Gasteiger partial charge >= 0.3 is 0 Å². The molecule has 2 rings (SSSR count). The van der Waals surface area contributed by atoms with E-state index in [1.807, 2.05) is 42.5 Å². The quantitative estimate of drug-likeness (QED) is 0.823. The van der Waals surface area contributed by atoms with E-state index in [0.717, 1.165) is 11.1 Å². The molecule has 2 aromatic rings. The number of pyridine rings is 1. The second-order valence-electron chi connectivity index (χ2n) is 3.49. The largest absolute Gasteiger partial charge is 0.388 e. The van der Waals surface area contributed by atoms with Crippen molar-refractivity contribution in [1.82, 2.24) is 4.98 Å². The van der Waals surface area contributed by atoms with Crippen LogP contribution in [0.3, 0.4) is 0 Å². The summed E-state index contributed by atoms with van der Waals surface area (Å²) in [5.74, 6) is 0. The molecule has 0 saturated heterocycles. The SMILES string of the molecule is OC(Cc1cccnc1)c1ccccc1. The summed E-state index contributed by atoms with van der Waals surface area (Å²) in [6.45, 7) is 0. The topological polar surface area (TPSA) is 33.1 Å². The highest BCUT2D eigenvalue weighted by Gasteiger charge is 2.07. The van der Waals surface area contributed by atoms with E-state index in [1.165, 1.54) is 0 Å². The molecule has 0 saturated carbocycles. The molecule has 0 fully saturated rings. The third-order valence-electron chi connectivity index (χ3n) is 2.34. The van der Waals surface area contributed by atoms with Crippen LogP contribution >= 0.6 is 0 Å². The lowest BCUT2D eigenvalue weighted by Gasteiger charge is -2.10. The molecule has 0 spiro atoms. The zero-order valence-electron chi connectivity index (χ0n) is 8.38. The van der Waals surface area contributed by atoms with Crippen molar-refractivity contribution in [2.45, 2.75) is 12.5 Å². The molecule has 0 bridgehead atoms. The number of hydrogen-bond donors (Lipinski definition) is 1. The molecule has 0 amide bonds. The van der Waals surface area contributed by atoms with E-state index >= 15 is 0 Å². The Morgan fingerprint density at radius 3 is 2.53 bits per heavy atom. The Kier molecular flexibility index (Phi) is 3.10. The summed E-state index contributed by atoms with van der Waals surface area (Å²) in [6, 6.07) is 13.5. The van der Waals surface area contributed by atoms with Gasteiger partial charge in [0.15, 0.2) is 0 Å². The van der Waals surface area contributed by atoms with Crippen LogP contribution in [0.25, 0.3) is 0 Å². The van der Waals surface area contributed by atoms with Crippen LogP contribution in [0.4, 0.5) is 0 Å². The van der Waals surface area contributed by atoms with Gasteiger partial charge in [-0.05, 0) is 17.2 Å². The van der Waals surface area contributed by atoms with Crippen LogP contribution in [-0.2, 0) is 6.42 Å². The molecule has 1 heterocycles. The zero-order valence-corrected chi connectivity index (χ0v) is 8.38. The van der Waals surface area contributed by atoms with Crippen LogP contribution in [-0.4, -0.2) is 10.1 Å². The van der Waals surface area contributed by atoms with E-state index in [0.29, 0.717) is 6.42 Å². The fraction of sp³-hybridized carbons (Fsp3) is 0.154. The van der Waals surface area contributed by atoms with Crippen molar-refractivity contribution < 1.29 is 5.11 Å². The van der Waals surface area contributed by atoms with Gasteiger partial charge in [0.1, 0.15) is 0 Å². The monoisotopic (exact) mass is 199 g/mol. The normalized spacial score (nSPS) is 12.3. The van der Waals surface area contributed by atoms with Gasteiger partial charge < -0.3 is 5.11 Å². The van der Waals surface area contributed by atoms with Crippen LogP contribution in [0.1, 0.15) is 17.2 Å². The van der Waals surface area contributed by atoms with Crippen molar-refractivity contribution in [3.63, 3.8) is 0 Å². The highest BCUT2D eigenvalue weighted by molar-refractivity contribution is 5.20. The van der Waals surface area contributed by atoms with Crippen LogP contribution in [0, 0.1) is 0 Å². The number of aliphatic hydroxyl groups is 1. The Hall–Kier alpha value is -1.67. The van der Waals surface area contributed by atoms with Crippen molar-refractivity contribution >= 4 is 0 Å². The van der Waals surface area contributed by atoms with Crippen molar-refractivity contribution in [2.75, 3.05) is 0 Å². The predicted molar refractivity (Wildman–Crippen MR) is 59.3 cm³/mol. The molecule has 0 aliphatic carbocycles. The predicted octanol–water partition coefficient (Wildman–Crippen LogP) is 2.36. The van der Waals surface area contributed by atoms with Crippen LogP contribution in [0.2, 0.25) is 0 Å². The summed E-state index contributed by atoms with van der Waals surface area (Å²) in [5, 5.41) is 9.95. The Balaban J connectivity index is 2.08. The summed E-state index contributed by atoms with van der Waals surface area (Å²) in [5.41, 5.74) is 2.00. The molecule has 15 heavy (non-hydrogen) atoms. The molecule has 1 aromatic carbocycles. The van der Waals surface area contributed by atoms with Crippen LogP contribution < -0.4 is 0 Å². The fourth-order valence-corrected chi connectivity index (χ4v) is 1.54. The number of hydrogen-bond acceptors (Lipinski definition) is 2. The Morgan fingerprint density at radius 1 is 1.07 bits per heavy atom. The van der Waals surface area contributed by atoms with Gasteiger partial charge in [0.25, 0.3) is 0 Å². The third-order valence-corrected chi connectivity index (χ3v) is 2.34. The molecule has 2 nitrogen and oxygen atoms in total. The minimum Gasteiger partial charge on any atom is -0.388 e. The van der Waals surface area contributed by atoms with Gasteiger partial charge in [-0.2, -0.15) is 0 Å². The molecule has 76 valence electrons. The van der Waals surface area contributed by atoms with E-state index < -0.39 is 6.10 Å². The maximum absolute atomic E-state index is 9.95. The highest BCUT2D eigenvalue weighted by Crippen LogP contribution is 2.16. The first-order valence-electron chi connectivity index (χ1n) is 4.98. The lowest BCUT2D eigenvalue weighted by Crippen LogP contribution is -2.01. The number of rotatable bonds is 3. The van der Waals surface area contributed by atoms with Crippen molar-refractivity contribution in [1.29, 1.82) is 0 Å². The van der Waals surface area contributed by atoms with E-state index in [-0.39, 0.29) is 0 Å². The third kappa shape index (κ3) is 2.64. The molecule has 0 radical (unpaired) electrons. The summed E-state index contributed by atoms with van der Waals surface area (Å²) in [7, 11) is 0. The second-order valence-corrected chi connectivity index (χ2v) is 3.49. The lowest BCUT2D eigenvalue weighted by atomic mass is 10.0. The van der Waals surface area contributed by atoms with Crippen molar-refractivity contribution in [2.24, 2.45) is 0 Å². The van der Waals surface area contributed by atoms with Gasteiger partial charge in [0.2, 0.25) is 0 Å². The van der Waals surface area contributed by atoms with Crippen LogP contribution in [0.5, 0.6) is 0 Å². The van der Waals surface area contributed by atoms with Gasteiger partial charge in [-0.1, -0.05) is 36.4 Å². The molecule has 1 atom stereocenters. The van der Waals surface area contributed by atoms with Gasteiger partial charge in [-0.15, -0.1) is 0 Å². The highest BCUT2D eigenvalue weighted by atomic mass is 16.3. The van der Waals surface area contributed by atoms with Crippen molar-refractivity contribution in [3.05, 3.63) is 66.0 Å². The van der Waals surface area contributed by atoms with E-state index in [4.69, 9.17) is 0 Å². The number of aromatic nitrogens is 1. The molecule has 2 heteroatoms. The molecule has 0 aliphatic heterocycles. The van der Waals surface area contributed by atoms with Gasteiger partial charge in [0, 0.05) is 18.8 Å². The first-order valence-corrected chi connectivity index (χ1v) is 4.98. The van der Waals surface area contributed by atoms with Crippen LogP contribution in [0.15, 0.2) is 54.9 Å². The molecule has 1 aromatic heterocycles. The summed E-state index contributed by atoms with van der Waals surface area (Å²) in [4.78, 5) is 4.02. The van der Waals surface area contributed by atoms with Crippen molar-refractivity contribution in [3.8, 4) is 0 Å². The van der Waals surface area contributed by atoms with Gasteiger partial charge in [-0.3, -0.25) is 4.98 Å². The standard InChI is InChI=1S/C13H13NO/c15-13(12-6-2-1-3-7-12)9-11-5-4-8-14-10-11/h1-8,10,13,15H,9H2. The Bertz CT molecular complexity index is 399. The van der Waals surface area contributed by atoms with E-state index in [9.17, 15) is 5.11 Å². The Morgan fingerprint density at radius 2 is 1.87 bits per heavy atom. The molecule has 1 N–H and O–H groups in total. The summed E-state index contributed by atoms with van der Waals surface area (Å²) in [6.07, 6.45) is 3.68. The number of benzene rings is 1. The maximum Gasteiger partial charge on any atom is 0.0830 e. The fourth-order valence-electron chi connectivity index (χ4n) is 1.54. The van der Waals surface area contributed by atoms with E-state index in [1.54, 1.807) is 12.4 Å². The summed E-state index contributed by atoms with van der Waals surface area (Å²) < 4.78 is 0. The van der Waals surface area contributed by atoms with E-state index in [2.05, 4.69) is 4.98 Å². The average Bonchev–Trinajstić information content (AvgIpc) is 2.31. The van der Waals surface area contributed by atoms with Gasteiger partial charge in [0.05, 0.1) is 6.10 Å². The smallest absolute Gasteiger partial charge is 0.0830 e. The maximum atomic E-state index is 9.95. The number of aliphatic hydroxyl groups excluding tert-OH is 1. The minimum absolute atomic E-state index is 0.449. The second kappa shape index (κ2) is 4.71. The van der Waals surface area contributed by atoms with Gasteiger partial charge in [-0.25, -0.2) is 0 Å². The molecular weight excluding hydrogens is 186 g/mol. The Labute approximate surface area is 89.2 Å². The molecule has 0 aliphatic rings. The average molecular weight is 199 g/mol. The molecule has 1 unspecified atom stereocenters. The first-order chi connectivity index (χ1) is 7.36. The number of nitrogens with zero attached hydrogens (tertiary/aromatic N) is 1. The first kappa shape index (κ1) is 9.87. The minimum atomic E-state index is -0.449.